The van der Waals surface area contributed by atoms with Crippen LogP contribution in [0.2, 0.25) is 0 Å². The fourth-order valence-corrected chi connectivity index (χ4v) is 3.23. The number of carbonyl (C=O) groups excluding carboxylic acids is 1. The van der Waals surface area contributed by atoms with Crippen LogP contribution >= 0.6 is 15.9 Å². The van der Waals surface area contributed by atoms with E-state index in [2.05, 4.69) is 36.2 Å². The molecular formula is C20H18BrF2N5O3. The fraction of sp³-hybridized carbons (Fsp3) is 0.200. The van der Waals surface area contributed by atoms with Crippen molar-refractivity contribution >= 4 is 22.0 Å². The number of pyridine rings is 1. The number of nitrogens with two attached hydrogens (primary N) is 1. The number of carbonyl (C=O) groups is 1. The van der Waals surface area contributed by atoms with Crippen molar-refractivity contribution in [1.82, 2.24) is 20.3 Å². The van der Waals surface area contributed by atoms with Gasteiger partial charge in [-0.3, -0.25) is 14.8 Å². The molecule has 0 saturated heterocycles. The zero-order valence-corrected chi connectivity index (χ0v) is 17.9. The number of rotatable bonds is 7. The van der Waals surface area contributed by atoms with Crippen molar-refractivity contribution in [2.24, 2.45) is 5.73 Å². The SMILES string of the molecule is Cc1[nH]c(=O)c(Br)c(OCc2ccc(F)cc2F)c1Cc1cnc(CNC(N)=O)cn1. The number of nitrogens with zero attached hydrogens (tertiary/aromatic N) is 2. The number of benzene rings is 1. The van der Waals surface area contributed by atoms with E-state index in [9.17, 15) is 18.4 Å². The molecular weight excluding hydrogens is 476 g/mol. The van der Waals surface area contributed by atoms with Crippen LogP contribution < -0.4 is 21.3 Å². The minimum atomic E-state index is -0.745. The third-order valence-corrected chi connectivity index (χ3v) is 5.09. The molecule has 8 nitrogen and oxygen atoms in total. The van der Waals surface area contributed by atoms with Crippen LogP contribution in [0.15, 0.2) is 39.9 Å². The summed E-state index contributed by atoms with van der Waals surface area (Å²) >= 11 is 3.22. The Morgan fingerprint density at radius 1 is 1.26 bits per heavy atom. The summed E-state index contributed by atoms with van der Waals surface area (Å²) in [4.78, 5) is 34.2. The fourth-order valence-electron chi connectivity index (χ4n) is 2.78. The standard InChI is InChI=1S/C20H18BrF2N5O3/c1-10-15(5-13-6-26-14(7-25-13)8-27-20(24)30)18(17(21)19(29)28-10)31-9-11-2-3-12(22)4-16(11)23/h2-4,6-7H,5,8-9H2,1H3,(H,28,29)(H3,24,27,30). The van der Waals surface area contributed by atoms with Gasteiger partial charge in [-0.1, -0.05) is 0 Å². The molecule has 1 aromatic carbocycles. The Bertz CT molecular complexity index is 1170. The van der Waals surface area contributed by atoms with Crippen LogP contribution in [-0.2, 0) is 19.6 Å². The zero-order valence-electron chi connectivity index (χ0n) is 16.3. The van der Waals surface area contributed by atoms with Gasteiger partial charge in [0.05, 0.1) is 24.1 Å². The van der Waals surface area contributed by atoms with E-state index in [1.807, 2.05) is 0 Å². The van der Waals surface area contributed by atoms with Crippen LogP contribution in [0.4, 0.5) is 13.6 Å². The Labute approximate surface area is 184 Å². The summed E-state index contributed by atoms with van der Waals surface area (Å²) in [6, 6.07) is 2.51. The Balaban J connectivity index is 1.85. The molecule has 2 amide bonds. The number of H-pyrrole nitrogens is 1. The number of ether oxygens (including phenoxy) is 1. The van der Waals surface area contributed by atoms with Crippen molar-refractivity contribution < 1.29 is 18.3 Å². The third-order valence-electron chi connectivity index (χ3n) is 4.37. The van der Waals surface area contributed by atoms with E-state index < -0.39 is 23.2 Å². The van der Waals surface area contributed by atoms with Crippen molar-refractivity contribution in [1.29, 1.82) is 0 Å². The average Bonchev–Trinajstić information content (AvgIpc) is 2.72. The Morgan fingerprint density at radius 2 is 1.97 bits per heavy atom. The van der Waals surface area contributed by atoms with Gasteiger partial charge in [0.15, 0.2) is 0 Å². The number of amides is 2. The molecule has 0 aliphatic heterocycles. The molecule has 11 heteroatoms. The van der Waals surface area contributed by atoms with Gasteiger partial charge >= 0.3 is 6.03 Å². The van der Waals surface area contributed by atoms with Gasteiger partial charge in [-0.2, -0.15) is 0 Å². The number of hydrogen-bond acceptors (Lipinski definition) is 5. The smallest absolute Gasteiger partial charge is 0.312 e. The highest BCUT2D eigenvalue weighted by Gasteiger charge is 2.18. The third kappa shape index (κ3) is 5.63. The van der Waals surface area contributed by atoms with Gasteiger partial charge in [0.2, 0.25) is 0 Å². The molecule has 4 N–H and O–H groups in total. The van der Waals surface area contributed by atoms with E-state index >= 15 is 0 Å². The van der Waals surface area contributed by atoms with Crippen molar-refractivity contribution in [3.05, 3.63) is 85.3 Å². The average molecular weight is 494 g/mol. The first-order valence-corrected chi connectivity index (χ1v) is 9.85. The van der Waals surface area contributed by atoms with E-state index in [0.717, 1.165) is 12.1 Å². The van der Waals surface area contributed by atoms with Gasteiger partial charge < -0.3 is 20.8 Å². The maximum atomic E-state index is 14.0. The molecule has 162 valence electrons. The van der Waals surface area contributed by atoms with E-state index in [1.165, 1.54) is 18.5 Å². The summed E-state index contributed by atoms with van der Waals surface area (Å²) in [5, 5.41) is 2.42. The van der Waals surface area contributed by atoms with E-state index in [4.69, 9.17) is 10.5 Å². The minimum absolute atomic E-state index is 0.142. The molecule has 0 aliphatic carbocycles. The molecule has 0 aliphatic rings. The van der Waals surface area contributed by atoms with Gasteiger partial charge in [0.1, 0.15) is 28.5 Å². The molecule has 2 heterocycles. The molecule has 31 heavy (non-hydrogen) atoms. The van der Waals surface area contributed by atoms with Crippen molar-refractivity contribution in [3.8, 4) is 5.75 Å². The van der Waals surface area contributed by atoms with Crippen LogP contribution in [0, 0.1) is 18.6 Å². The lowest BCUT2D eigenvalue weighted by atomic mass is 10.1. The van der Waals surface area contributed by atoms with Gasteiger partial charge in [0, 0.05) is 35.5 Å². The van der Waals surface area contributed by atoms with Crippen LogP contribution in [-0.4, -0.2) is 21.0 Å². The number of aromatic nitrogens is 3. The predicted molar refractivity (Wildman–Crippen MR) is 111 cm³/mol. The molecule has 3 aromatic rings. The summed E-state index contributed by atoms with van der Waals surface area (Å²) in [5.74, 6) is -1.21. The monoisotopic (exact) mass is 493 g/mol. The van der Waals surface area contributed by atoms with E-state index in [-0.39, 0.29) is 35.4 Å². The lowest BCUT2D eigenvalue weighted by Crippen LogP contribution is -2.29. The summed E-state index contributed by atoms with van der Waals surface area (Å²) < 4.78 is 33.0. The Morgan fingerprint density at radius 3 is 2.61 bits per heavy atom. The zero-order chi connectivity index (χ0) is 22.5. The number of hydrogen-bond donors (Lipinski definition) is 3. The molecule has 0 spiro atoms. The second-order valence-corrected chi connectivity index (χ2v) is 7.41. The number of nitrogens with one attached hydrogen (secondary N) is 2. The Hall–Kier alpha value is -3.34. The van der Waals surface area contributed by atoms with Crippen LogP contribution in [0.25, 0.3) is 0 Å². The summed E-state index contributed by atoms with van der Waals surface area (Å²) in [7, 11) is 0. The molecule has 0 saturated carbocycles. The minimum Gasteiger partial charge on any atom is -0.487 e. The normalized spacial score (nSPS) is 10.7. The number of aromatic amines is 1. The van der Waals surface area contributed by atoms with Crippen molar-refractivity contribution in [2.75, 3.05) is 0 Å². The number of halogens is 3. The maximum Gasteiger partial charge on any atom is 0.312 e. The molecule has 2 aromatic heterocycles. The van der Waals surface area contributed by atoms with Crippen LogP contribution in [0.3, 0.4) is 0 Å². The second-order valence-electron chi connectivity index (χ2n) is 6.62. The van der Waals surface area contributed by atoms with E-state index in [0.29, 0.717) is 22.6 Å². The van der Waals surface area contributed by atoms with Crippen LogP contribution in [0.5, 0.6) is 5.75 Å². The Kier molecular flexibility index (Phi) is 6.95. The first kappa shape index (κ1) is 22.3. The first-order valence-electron chi connectivity index (χ1n) is 9.05. The molecule has 0 radical (unpaired) electrons. The lowest BCUT2D eigenvalue weighted by molar-refractivity contribution is 0.248. The van der Waals surface area contributed by atoms with Crippen LogP contribution in [0.1, 0.15) is 28.2 Å². The molecule has 0 atom stereocenters. The highest BCUT2D eigenvalue weighted by atomic mass is 79.9. The second kappa shape index (κ2) is 9.65. The number of aryl methyl sites for hydroxylation is 1. The number of primary amides is 1. The van der Waals surface area contributed by atoms with Gasteiger partial charge in [-0.05, 0) is 35.0 Å². The maximum absolute atomic E-state index is 14.0. The highest BCUT2D eigenvalue weighted by molar-refractivity contribution is 9.10. The molecule has 0 unspecified atom stereocenters. The molecule has 0 fully saturated rings. The topological polar surface area (TPSA) is 123 Å². The molecule has 0 bridgehead atoms. The molecule has 3 rings (SSSR count). The first-order chi connectivity index (χ1) is 14.7. The summed E-state index contributed by atoms with van der Waals surface area (Å²) in [5.41, 5.74) is 7.02. The highest BCUT2D eigenvalue weighted by Crippen LogP contribution is 2.30. The van der Waals surface area contributed by atoms with E-state index in [1.54, 1.807) is 6.92 Å². The lowest BCUT2D eigenvalue weighted by Gasteiger charge is -2.15. The summed E-state index contributed by atoms with van der Waals surface area (Å²) in [6.07, 6.45) is 3.29. The van der Waals surface area contributed by atoms with Gasteiger partial charge in [0.25, 0.3) is 5.56 Å². The van der Waals surface area contributed by atoms with Crippen molar-refractivity contribution in [2.45, 2.75) is 26.5 Å². The quantitative estimate of drug-likeness (QED) is 0.466. The van der Waals surface area contributed by atoms with Gasteiger partial charge in [-0.25, -0.2) is 13.6 Å². The predicted octanol–water partition coefficient (Wildman–Crippen LogP) is 2.85. The van der Waals surface area contributed by atoms with Crippen molar-refractivity contribution in [3.63, 3.8) is 0 Å². The largest absolute Gasteiger partial charge is 0.487 e. The summed E-state index contributed by atoms with van der Waals surface area (Å²) in [6.45, 7) is 1.64. The van der Waals surface area contributed by atoms with Gasteiger partial charge in [-0.15, -0.1) is 0 Å². The number of urea groups is 1.